The van der Waals surface area contributed by atoms with Crippen LogP contribution in [0.3, 0.4) is 0 Å². The number of ether oxygens (including phenoxy) is 2. The lowest BCUT2D eigenvalue weighted by Crippen LogP contribution is -2.55. The molecule has 0 heterocycles. The number of aryl methyl sites for hydroxylation is 1. The van der Waals surface area contributed by atoms with Gasteiger partial charge >= 0.3 is 5.97 Å². The van der Waals surface area contributed by atoms with Gasteiger partial charge in [0.05, 0.1) is 20.3 Å². The molecule has 170 valence electrons. The van der Waals surface area contributed by atoms with Gasteiger partial charge in [0, 0.05) is 24.0 Å². The fourth-order valence-corrected chi connectivity index (χ4v) is 4.31. The summed E-state index contributed by atoms with van der Waals surface area (Å²) in [6.07, 6.45) is 0.514. The number of amides is 1. The molecule has 3 aromatic rings. The Balaban J connectivity index is 1.49. The normalized spacial score (nSPS) is 13.9. The minimum Gasteiger partial charge on any atom is -0.496 e. The van der Waals surface area contributed by atoms with E-state index in [0.29, 0.717) is 17.9 Å². The first-order valence-electron chi connectivity index (χ1n) is 10.8. The number of carboxylic acid groups (broad SMARTS) is 1. The first kappa shape index (κ1) is 22.6. The van der Waals surface area contributed by atoms with Gasteiger partial charge in [-0.15, -0.1) is 0 Å². The number of carbonyl (C=O) groups excluding carboxylic acids is 1. The zero-order valence-corrected chi connectivity index (χ0v) is 18.8. The lowest BCUT2D eigenvalue weighted by Gasteiger charge is -2.25. The maximum absolute atomic E-state index is 13.1. The second-order valence-electron chi connectivity index (χ2n) is 8.47. The first-order chi connectivity index (χ1) is 15.9. The molecule has 0 spiro atoms. The van der Waals surface area contributed by atoms with Gasteiger partial charge < -0.3 is 19.9 Å². The molecule has 0 bridgehead atoms. The van der Waals surface area contributed by atoms with Crippen LogP contribution in [-0.4, -0.2) is 29.6 Å². The van der Waals surface area contributed by atoms with Crippen molar-refractivity contribution in [1.82, 2.24) is 5.32 Å². The summed E-state index contributed by atoms with van der Waals surface area (Å²) in [6, 6.07) is 20.7. The van der Waals surface area contributed by atoms with Crippen molar-refractivity contribution in [1.29, 1.82) is 0 Å². The minimum absolute atomic E-state index is 0.257. The van der Waals surface area contributed by atoms with Crippen LogP contribution in [0, 0.1) is 6.92 Å². The van der Waals surface area contributed by atoms with Crippen molar-refractivity contribution in [3.05, 3.63) is 100 Å². The Morgan fingerprint density at radius 3 is 2.33 bits per heavy atom. The summed E-state index contributed by atoms with van der Waals surface area (Å²) in [4.78, 5) is 25.3. The molecule has 6 heteroatoms. The molecule has 33 heavy (non-hydrogen) atoms. The Labute approximate surface area is 193 Å². The van der Waals surface area contributed by atoms with Crippen LogP contribution in [0.5, 0.6) is 5.75 Å². The van der Waals surface area contributed by atoms with Gasteiger partial charge in [-0.2, -0.15) is 0 Å². The zero-order chi connectivity index (χ0) is 23.4. The van der Waals surface area contributed by atoms with Crippen molar-refractivity contribution < 1.29 is 24.2 Å². The number of carbonyl (C=O) groups is 2. The number of benzene rings is 3. The van der Waals surface area contributed by atoms with Gasteiger partial charge in [0.2, 0.25) is 0 Å². The molecule has 0 saturated heterocycles. The number of carboxylic acids is 1. The highest BCUT2D eigenvalue weighted by Gasteiger charge is 2.45. The summed E-state index contributed by atoms with van der Waals surface area (Å²) in [5.41, 5.74) is 3.84. The van der Waals surface area contributed by atoms with Crippen molar-refractivity contribution in [3.8, 4) is 5.75 Å². The van der Waals surface area contributed by atoms with E-state index in [1.165, 1.54) is 0 Å². The summed E-state index contributed by atoms with van der Waals surface area (Å²) >= 11 is 0. The molecular weight excluding hydrogens is 418 g/mol. The third-order valence-electron chi connectivity index (χ3n) is 6.02. The highest BCUT2D eigenvalue weighted by Crippen LogP contribution is 2.31. The number of nitrogens with one attached hydrogen (secondary N) is 1. The van der Waals surface area contributed by atoms with Crippen molar-refractivity contribution in [3.63, 3.8) is 0 Å². The van der Waals surface area contributed by atoms with Gasteiger partial charge in [0.25, 0.3) is 5.91 Å². The Morgan fingerprint density at radius 1 is 0.970 bits per heavy atom. The molecule has 4 rings (SSSR count). The number of rotatable bonds is 8. The summed E-state index contributed by atoms with van der Waals surface area (Å²) in [7, 11) is 1.56. The molecule has 1 aliphatic carbocycles. The Bertz CT molecular complexity index is 1160. The van der Waals surface area contributed by atoms with Crippen LogP contribution in [-0.2, 0) is 35.6 Å². The molecule has 2 N–H and O–H groups in total. The first-order valence-corrected chi connectivity index (χ1v) is 10.8. The van der Waals surface area contributed by atoms with Crippen molar-refractivity contribution in [2.45, 2.75) is 38.5 Å². The molecule has 0 radical (unpaired) electrons. The Hall–Kier alpha value is -3.64. The largest absolute Gasteiger partial charge is 0.496 e. The Morgan fingerprint density at radius 2 is 1.70 bits per heavy atom. The van der Waals surface area contributed by atoms with E-state index in [-0.39, 0.29) is 19.4 Å². The maximum Gasteiger partial charge on any atom is 0.330 e. The number of hydrogen-bond acceptors (Lipinski definition) is 4. The van der Waals surface area contributed by atoms with Gasteiger partial charge in [0.15, 0.2) is 0 Å². The van der Waals surface area contributed by atoms with Gasteiger partial charge in [-0.25, -0.2) is 4.79 Å². The molecule has 1 amide bonds. The molecule has 0 fully saturated rings. The molecule has 0 atom stereocenters. The number of methoxy groups -OCH3 is 1. The molecule has 3 aromatic carbocycles. The molecule has 0 aromatic heterocycles. The predicted octanol–water partition coefficient (Wildman–Crippen LogP) is 4.07. The molecular formula is C27H27NO5. The van der Waals surface area contributed by atoms with E-state index in [2.05, 4.69) is 11.4 Å². The van der Waals surface area contributed by atoms with E-state index < -0.39 is 17.4 Å². The molecule has 1 aliphatic rings. The molecule has 6 nitrogen and oxygen atoms in total. The van der Waals surface area contributed by atoms with Crippen LogP contribution >= 0.6 is 0 Å². The fraction of sp³-hybridized carbons (Fsp3) is 0.259. The third-order valence-corrected chi connectivity index (χ3v) is 6.02. The second kappa shape index (κ2) is 9.46. The van der Waals surface area contributed by atoms with Gasteiger partial charge in [0.1, 0.15) is 11.3 Å². The van der Waals surface area contributed by atoms with Crippen LogP contribution < -0.4 is 10.1 Å². The highest BCUT2D eigenvalue weighted by molar-refractivity contribution is 5.98. The maximum atomic E-state index is 13.1. The van der Waals surface area contributed by atoms with E-state index >= 15 is 0 Å². The monoisotopic (exact) mass is 445 g/mol. The van der Waals surface area contributed by atoms with Gasteiger partial charge in [-0.1, -0.05) is 54.1 Å². The van der Waals surface area contributed by atoms with Crippen LogP contribution in [0.25, 0.3) is 0 Å². The number of hydrogen-bond donors (Lipinski definition) is 2. The van der Waals surface area contributed by atoms with Crippen LogP contribution in [0.2, 0.25) is 0 Å². The topological polar surface area (TPSA) is 84.9 Å². The molecule has 0 unspecified atom stereocenters. The lowest BCUT2D eigenvalue weighted by atomic mass is 9.95. The lowest BCUT2D eigenvalue weighted by molar-refractivity contribution is -0.144. The fourth-order valence-electron chi connectivity index (χ4n) is 4.31. The van der Waals surface area contributed by atoms with Crippen molar-refractivity contribution in [2.75, 3.05) is 7.11 Å². The van der Waals surface area contributed by atoms with Gasteiger partial charge in [-0.05, 0) is 41.8 Å². The summed E-state index contributed by atoms with van der Waals surface area (Å²) in [5.74, 6) is -0.868. The van der Waals surface area contributed by atoms with E-state index in [0.717, 1.165) is 27.8 Å². The van der Waals surface area contributed by atoms with Crippen molar-refractivity contribution >= 4 is 11.9 Å². The van der Waals surface area contributed by atoms with E-state index in [1.54, 1.807) is 25.3 Å². The standard InChI is InChI=1S/C27H27NO5/c1-18-6-5-7-19(12-18)16-33-17-23-13-20(10-11-24(23)32-2)25(29)28-27(26(30)31)14-21-8-3-4-9-22(21)15-27/h3-13H,14-17H2,1-2H3,(H,28,29)(H,30,31). The van der Waals surface area contributed by atoms with E-state index in [1.807, 2.05) is 49.4 Å². The van der Waals surface area contributed by atoms with Crippen LogP contribution in [0.4, 0.5) is 0 Å². The summed E-state index contributed by atoms with van der Waals surface area (Å²) in [6.45, 7) is 2.72. The minimum atomic E-state index is -1.36. The smallest absolute Gasteiger partial charge is 0.330 e. The Kier molecular flexibility index (Phi) is 6.47. The average Bonchev–Trinajstić information content (AvgIpc) is 3.18. The highest BCUT2D eigenvalue weighted by atomic mass is 16.5. The van der Waals surface area contributed by atoms with Gasteiger partial charge in [-0.3, -0.25) is 4.79 Å². The summed E-state index contributed by atoms with van der Waals surface area (Å²) in [5, 5.41) is 12.7. The van der Waals surface area contributed by atoms with Crippen LogP contribution in [0.15, 0.2) is 66.7 Å². The predicted molar refractivity (Wildman–Crippen MR) is 124 cm³/mol. The summed E-state index contributed by atoms with van der Waals surface area (Å²) < 4.78 is 11.3. The van der Waals surface area contributed by atoms with E-state index in [9.17, 15) is 14.7 Å². The molecule has 0 aliphatic heterocycles. The number of fused-ring (bicyclic) bond motifs is 1. The average molecular weight is 446 g/mol. The second-order valence-corrected chi connectivity index (χ2v) is 8.47. The van der Waals surface area contributed by atoms with E-state index in [4.69, 9.17) is 9.47 Å². The molecule has 0 saturated carbocycles. The SMILES string of the molecule is COc1ccc(C(=O)NC2(C(=O)O)Cc3ccccc3C2)cc1COCc1cccc(C)c1. The van der Waals surface area contributed by atoms with Crippen molar-refractivity contribution in [2.24, 2.45) is 0 Å². The van der Waals surface area contributed by atoms with Crippen LogP contribution in [0.1, 0.15) is 38.2 Å². The quantitative estimate of drug-likeness (QED) is 0.546. The zero-order valence-electron chi connectivity index (χ0n) is 18.8. The number of aliphatic carboxylic acids is 1. The third kappa shape index (κ3) is 4.91.